The van der Waals surface area contributed by atoms with Gasteiger partial charge >= 0.3 is 0 Å². The van der Waals surface area contributed by atoms with Crippen LogP contribution in [0, 0.1) is 12.7 Å². The molecule has 0 aliphatic heterocycles. The Bertz CT molecular complexity index is 949. The Morgan fingerprint density at radius 1 is 1.08 bits per heavy atom. The molecule has 3 rings (SSSR count). The first-order chi connectivity index (χ1) is 12.6. The molecule has 5 heteroatoms. The van der Waals surface area contributed by atoms with E-state index in [9.17, 15) is 9.18 Å². The highest BCUT2D eigenvalue weighted by atomic mass is 19.1. The zero-order valence-electron chi connectivity index (χ0n) is 14.1. The Balaban J connectivity index is 1.85. The van der Waals surface area contributed by atoms with Gasteiger partial charge < -0.3 is 0 Å². The Morgan fingerprint density at radius 3 is 2.42 bits per heavy atom. The minimum Gasteiger partial charge on any atom is -0.288 e. The van der Waals surface area contributed by atoms with Crippen molar-refractivity contribution in [3.8, 4) is 11.3 Å². The van der Waals surface area contributed by atoms with Crippen LogP contribution in [0.25, 0.3) is 23.4 Å². The highest BCUT2D eigenvalue weighted by Crippen LogP contribution is 2.21. The van der Waals surface area contributed by atoms with E-state index < -0.39 is 11.7 Å². The van der Waals surface area contributed by atoms with Crippen molar-refractivity contribution in [1.29, 1.82) is 0 Å². The summed E-state index contributed by atoms with van der Waals surface area (Å²) in [7, 11) is 0. The van der Waals surface area contributed by atoms with Crippen molar-refractivity contribution < 1.29 is 14.4 Å². The number of pyridine rings is 1. The second-order valence-electron chi connectivity index (χ2n) is 5.85. The van der Waals surface area contributed by atoms with Gasteiger partial charge in [-0.3, -0.25) is 15.0 Å². The lowest BCUT2D eigenvalue weighted by Gasteiger charge is -2.04. The van der Waals surface area contributed by atoms with Gasteiger partial charge in [0.15, 0.2) is 0 Å². The number of carbonyl (C=O) groups is 1. The molecule has 1 heterocycles. The fraction of sp³-hybridized carbons (Fsp3) is 0.0476. The average Bonchev–Trinajstić information content (AvgIpc) is 2.68. The summed E-state index contributed by atoms with van der Waals surface area (Å²) in [6, 6.07) is 16.1. The minimum absolute atomic E-state index is 0.335. The molecule has 3 aromatic rings. The first-order valence-corrected chi connectivity index (χ1v) is 8.02. The Hall–Kier alpha value is -3.31. The van der Waals surface area contributed by atoms with Crippen LogP contribution in [0.1, 0.15) is 27.0 Å². The Labute approximate surface area is 150 Å². The van der Waals surface area contributed by atoms with Crippen molar-refractivity contribution >= 4 is 18.1 Å². The quantitative estimate of drug-likeness (QED) is 0.539. The van der Waals surface area contributed by atoms with Gasteiger partial charge in [0.25, 0.3) is 5.91 Å². The van der Waals surface area contributed by atoms with E-state index in [1.54, 1.807) is 48.0 Å². The van der Waals surface area contributed by atoms with Gasteiger partial charge in [-0.25, -0.2) is 9.87 Å². The Kier molecular flexibility index (Phi) is 5.20. The van der Waals surface area contributed by atoms with Gasteiger partial charge in [0.2, 0.25) is 0 Å². The number of hydroxylamine groups is 1. The number of benzene rings is 2. The maximum atomic E-state index is 14.1. The summed E-state index contributed by atoms with van der Waals surface area (Å²) < 4.78 is 14.1. The first-order valence-electron chi connectivity index (χ1n) is 8.02. The number of amides is 1. The van der Waals surface area contributed by atoms with Gasteiger partial charge in [0.05, 0.1) is 11.9 Å². The molecule has 0 atom stereocenters. The number of hydrogen-bond donors (Lipinski definition) is 2. The smallest absolute Gasteiger partial charge is 0.274 e. The fourth-order valence-corrected chi connectivity index (χ4v) is 2.46. The van der Waals surface area contributed by atoms with Crippen LogP contribution < -0.4 is 5.48 Å². The van der Waals surface area contributed by atoms with Crippen LogP contribution in [0.3, 0.4) is 0 Å². The van der Waals surface area contributed by atoms with Crippen LogP contribution in [0.15, 0.2) is 60.8 Å². The van der Waals surface area contributed by atoms with Crippen LogP contribution in [0.4, 0.5) is 4.39 Å². The highest BCUT2D eigenvalue weighted by molar-refractivity contribution is 5.93. The molecule has 0 fully saturated rings. The number of rotatable bonds is 4. The molecule has 0 saturated heterocycles. The molecule has 1 amide bonds. The van der Waals surface area contributed by atoms with Gasteiger partial charge in [0, 0.05) is 16.7 Å². The molecule has 0 radical (unpaired) electrons. The molecule has 4 nitrogen and oxygen atoms in total. The van der Waals surface area contributed by atoms with Crippen molar-refractivity contribution in [2.24, 2.45) is 0 Å². The van der Waals surface area contributed by atoms with Gasteiger partial charge in [-0.2, -0.15) is 0 Å². The molecule has 0 bridgehead atoms. The normalized spacial score (nSPS) is 10.9. The number of nitrogens with one attached hydrogen (secondary N) is 1. The molecule has 130 valence electrons. The minimum atomic E-state index is -0.580. The largest absolute Gasteiger partial charge is 0.288 e. The first kappa shape index (κ1) is 17.5. The van der Waals surface area contributed by atoms with Gasteiger partial charge in [0.1, 0.15) is 5.82 Å². The van der Waals surface area contributed by atoms with E-state index in [0.717, 1.165) is 16.7 Å². The highest BCUT2D eigenvalue weighted by Gasteiger charge is 2.05. The maximum absolute atomic E-state index is 14.1. The lowest BCUT2D eigenvalue weighted by Crippen LogP contribution is -2.18. The molecule has 0 aliphatic carbocycles. The van der Waals surface area contributed by atoms with Gasteiger partial charge in [-0.05, 0) is 30.7 Å². The molecule has 0 saturated carbocycles. The molecular formula is C21H17FN2O2. The zero-order valence-corrected chi connectivity index (χ0v) is 14.1. The fourth-order valence-electron chi connectivity index (χ4n) is 2.46. The van der Waals surface area contributed by atoms with Gasteiger partial charge in [-0.15, -0.1) is 0 Å². The molecule has 0 aliphatic rings. The second kappa shape index (κ2) is 7.72. The third-order valence-corrected chi connectivity index (χ3v) is 3.96. The van der Waals surface area contributed by atoms with Crippen LogP contribution in [0.5, 0.6) is 0 Å². The van der Waals surface area contributed by atoms with E-state index in [1.807, 2.05) is 31.2 Å². The van der Waals surface area contributed by atoms with E-state index >= 15 is 0 Å². The van der Waals surface area contributed by atoms with Gasteiger partial charge in [-0.1, -0.05) is 54.1 Å². The third kappa shape index (κ3) is 4.02. The van der Waals surface area contributed by atoms with Crippen molar-refractivity contribution in [3.63, 3.8) is 0 Å². The molecule has 0 spiro atoms. The SMILES string of the molecule is Cc1ccc(-c2cc(/C=C/c3ccc(C(=O)NO)cc3)c(F)cn2)cc1. The lowest BCUT2D eigenvalue weighted by molar-refractivity contribution is 0.0706. The third-order valence-electron chi connectivity index (χ3n) is 3.96. The summed E-state index contributed by atoms with van der Waals surface area (Å²) >= 11 is 0. The molecule has 1 aromatic heterocycles. The van der Waals surface area contributed by atoms with E-state index in [1.165, 1.54) is 6.20 Å². The summed E-state index contributed by atoms with van der Waals surface area (Å²) in [4.78, 5) is 15.5. The molecule has 2 aromatic carbocycles. The standard InChI is InChI=1S/C21H17FN2O2/c1-14-2-7-16(8-3-14)20-12-18(19(22)13-23-20)11-6-15-4-9-17(10-5-15)21(25)24-26/h2-13,26H,1H3,(H,24,25)/b11-6+. The number of aryl methyl sites for hydroxylation is 1. The number of nitrogens with zero attached hydrogens (tertiary/aromatic N) is 1. The topological polar surface area (TPSA) is 62.2 Å². The van der Waals surface area contributed by atoms with E-state index in [4.69, 9.17) is 5.21 Å². The molecule has 2 N–H and O–H groups in total. The molecule has 0 unspecified atom stereocenters. The Morgan fingerprint density at radius 2 is 1.77 bits per heavy atom. The predicted octanol–water partition coefficient (Wildman–Crippen LogP) is 4.49. The summed E-state index contributed by atoms with van der Waals surface area (Å²) in [5.41, 5.74) is 5.90. The van der Waals surface area contributed by atoms with E-state index in [-0.39, 0.29) is 0 Å². The lowest BCUT2D eigenvalue weighted by atomic mass is 10.1. The van der Waals surface area contributed by atoms with Crippen molar-refractivity contribution in [1.82, 2.24) is 10.5 Å². The maximum Gasteiger partial charge on any atom is 0.274 e. The summed E-state index contributed by atoms with van der Waals surface area (Å²) in [5.74, 6) is -0.989. The number of hydrogen-bond acceptors (Lipinski definition) is 3. The molecular weight excluding hydrogens is 331 g/mol. The van der Waals surface area contributed by atoms with Crippen LogP contribution in [-0.4, -0.2) is 16.1 Å². The van der Waals surface area contributed by atoms with Crippen LogP contribution in [-0.2, 0) is 0 Å². The predicted molar refractivity (Wildman–Crippen MR) is 99.0 cm³/mol. The number of aromatic nitrogens is 1. The van der Waals surface area contributed by atoms with E-state index in [0.29, 0.717) is 16.8 Å². The average molecular weight is 348 g/mol. The summed E-state index contributed by atoms with van der Waals surface area (Å²) in [5, 5.41) is 8.61. The summed E-state index contributed by atoms with van der Waals surface area (Å²) in [6.07, 6.45) is 4.62. The monoisotopic (exact) mass is 348 g/mol. The van der Waals surface area contributed by atoms with Crippen LogP contribution in [0.2, 0.25) is 0 Å². The second-order valence-corrected chi connectivity index (χ2v) is 5.85. The van der Waals surface area contributed by atoms with E-state index in [2.05, 4.69) is 4.98 Å². The summed E-state index contributed by atoms with van der Waals surface area (Å²) in [6.45, 7) is 2.01. The zero-order chi connectivity index (χ0) is 18.5. The van der Waals surface area contributed by atoms with Crippen molar-refractivity contribution in [3.05, 3.63) is 88.9 Å². The number of halogens is 1. The molecule has 26 heavy (non-hydrogen) atoms. The van der Waals surface area contributed by atoms with Crippen molar-refractivity contribution in [2.45, 2.75) is 6.92 Å². The van der Waals surface area contributed by atoms with Crippen LogP contribution >= 0.6 is 0 Å². The number of carbonyl (C=O) groups excluding carboxylic acids is 1. The van der Waals surface area contributed by atoms with Crippen molar-refractivity contribution in [2.75, 3.05) is 0 Å².